The molecule has 0 aliphatic carbocycles. The second-order valence-electron chi connectivity index (χ2n) is 2.60. The highest BCUT2D eigenvalue weighted by atomic mass is 127. The number of hydrogen-bond acceptors (Lipinski definition) is 3. The highest BCUT2D eigenvalue weighted by Gasteiger charge is 2.15. The van der Waals surface area contributed by atoms with E-state index in [0.717, 1.165) is 3.57 Å². The number of nitrogens with one attached hydrogen (secondary N) is 1. The Bertz CT molecular complexity index is 411. The molecule has 1 aromatic rings. The largest absolute Gasteiger partial charge is 0.320 e. The maximum atomic E-state index is 11.1. The summed E-state index contributed by atoms with van der Waals surface area (Å²) in [5, 5.41) is 13.2. The van der Waals surface area contributed by atoms with E-state index in [9.17, 15) is 14.9 Å². The number of carbonyl (C=O) groups is 1. The third-order valence-electron chi connectivity index (χ3n) is 1.55. The Kier molecular flexibility index (Phi) is 4.45. The highest BCUT2D eigenvalue weighted by molar-refractivity contribution is 14.1. The monoisotopic (exact) mass is 384 g/mol. The van der Waals surface area contributed by atoms with E-state index in [-0.39, 0.29) is 22.6 Å². The summed E-state index contributed by atoms with van der Waals surface area (Å²) in [5.74, 6) is -0.320. The molecule has 0 aliphatic rings. The lowest BCUT2D eigenvalue weighted by atomic mass is 10.2. The Morgan fingerprint density at radius 3 is 2.80 bits per heavy atom. The van der Waals surface area contributed by atoms with Crippen LogP contribution in [0.4, 0.5) is 11.4 Å². The number of rotatable bonds is 3. The van der Waals surface area contributed by atoms with E-state index in [2.05, 4.69) is 21.2 Å². The van der Waals surface area contributed by atoms with Crippen LogP contribution in [0.15, 0.2) is 18.2 Å². The van der Waals surface area contributed by atoms with E-state index < -0.39 is 4.92 Å². The molecule has 0 saturated carbocycles. The van der Waals surface area contributed by atoms with E-state index in [1.54, 1.807) is 6.07 Å². The van der Waals surface area contributed by atoms with Crippen LogP contribution >= 0.6 is 38.5 Å². The van der Waals surface area contributed by atoms with Crippen molar-refractivity contribution in [1.82, 2.24) is 0 Å². The molecule has 0 radical (unpaired) electrons. The zero-order valence-corrected chi connectivity index (χ0v) is 11.1. The van der Waals surface area contributed by atoms with Crippen molar-refractivity contribution in [3.8, 4) is 0 Å². The van der Waals surface area contributed by atoms with Gasteiger partial charge >= 0.3 is 0 Å². The lowest BCUT2D eigenvalue weighted by molar-refractivity contribution is -0.384. The van der Waals surface area contributed by atoms with Crippen molar-refractivity contribution >= 4 is 55.8 Å². The van der Waals surface area contributed by atoms with Crippen molar-refractivity contribution in [3.05, 3.63) is 31.9 Å². The van der Waals surface area contributed by atoms with Crippen molar-refractivity contribution in [3.63, 3.8) is 0 Å². The number of halogens is 2. The second kappa shape index (κ2) is 5.40. The average Bonchev–Trinajstić information content (AvgIpc) is 2.20. The molecule has 80 valence electrons. The summed E-state index contributed by atoms with van der Waals surface area (Å²) in [4.78, 5) is 21.2. The summed E-state index contributed by atoms with van der Waals surface area (Å²) in [7, 11) is 0. The van der Waals surface area contributed by atoms with Gasteiger partial charge in [-0.2, -0.15) is 0 Å². The minimum atomic E-state index is -0.522. The first kappa shape index (κ1) is 12.4. The summed E-state index contributed by atoms with van der Waals surface area (Å²) < 4.78 is 0.746. The molecule has 1 aromatic carbocycles. The van der Waals surface area contributed by atoms with E-state index in [1.165, 1.54) is 12.1 Å². The normalized spacial score (nSPS) is 9.73. The van der Waals surface area contributed by atoms with Gasteiger partial charge in [0.1, 0.15) is 5.69 Å². The Morgan fingerprint density at radius 1 is 1.60 bits per heavy atom. The second-order valence-corrected chi connectivity index (χ2v) is 4.41. The lowest BCUT2D eigenvalue weighted by Gasteiger charge is -2.04. The molecule has 15 heavy (non-hydrogen) atoms. The van der Waals surface area contributed by atoms with Crippen molar-refractivity contribution in [1.29, 1.82) is 0 Å². The molecule has 0 fully saturated rings. The Balaban J connectivity index is 3.06. The number of nitro benzene ring substituents is 1. The predicted molar refractivity (Wildman–Crippen MR) is 68.2 cm³/mol. The van der Waals surface area contributed by atoms with Crippen LogP contribution in [-0.2, 0) is 4.79 Å². The van der Waals surface area contributed by atoms with Gasteiger partial charge in [0, 0.05) is 9.64 Å². The first-order chi connectivity index (χ1) is 7.04. The molecular formula is C8H6BrIN2O3. The molecule has 0 saturated heterocycles. The van der Waals surface area contributed by atoms with Crippen LogP contribution in [0.5, 0.6) is 0 Å². The molecule has 0 atom stereocenters. The number of hydrogen-bond donors (Lipinski definition) is 1. The van der Waals surface area contributed by atoms with Crippen LogP contribution in [0.2, 0.25) is 0 Å². The van der Waals surface area contributed by atoms with Gasteiger partial charge < -0.3 is 5.32 Å². The SMILES string of the molecule is O=C(CBr)Nc1ccc(I)cc1[N+](=O)[O-]. The predicted octanol–water partition coefficient (Wildman–Crippen LogP) is 2.53. The number of anilines is 1. The van der Waals surface area contributed by atoms with Gasteiger partial charge in [-0.1, -0.05) is 15.9 Å². The van der Waals surface area contributed by atoms with Gasteiger partial charge in [0.15, 0.2) is 0 Å². The van der Waals surface area contributed by atoms with E-state index in [0.29, 0.717) is 0 Å². The lowest BCUT2D eigenvalue weighted by Crippen LogP contribution is -2.13. The Labute approximate surface area is 108 Å². The molecular weight excluding hydrogens is 379 g/mol. The standard InChI is InChI=1S/C8H6BrIN2O3/c9-4-8(13)11-6-2-1-5(10)3-7(6)12(14)15/h1-3H,4H2,(H,11,13). The number of nitrogens with zero attached hydrogens (tertiary/aromatic N) is 1. The fraction of sp³-hybridized carbons (Fsp3) is 0.125. The van der Waals surface area contributed by atoms with Crippen molar-refractivity contribution in [2.24, 2.45) is 0 Å². The smallest absolute Gasteiger partial charge is 0.293 e. The van der Waals surface area contributed by atoms with Gasteiger partial charge in [-0.05, 0) is 34.7 Å². The minimum absolute atomic E-state index is 0.101. The van der Waals surface area contributed by atoms with Gasteiger partial charge in [-0.3, -0.25) is 14.9 Å². The number of nitro groups is 1. The van der Waals surface area contributed by atoms with Gasteiger partial charge in [0.05, 0.1) is 10.3 Å². The molecule has 1 N–H and O–H groups in total. The molecule has 1 rings (SSSR count). The molecule has 5 nitrogen and oxygen atoms in total. The summed E-state index contributed by atoms with van der Waals surface area (Å²) in [5.41, 5.74) is 0.112. The summed E-state index contributed by atoms with van der Waals surface area (Å²) in [6.45, 7) is 0. The summed E-state index contributed by atoms with van der Waals surface area (Å²) >= 11 is 4.94. The van der Waals surface area contributed by atoms with Crippen molar-refractivity contribution < 1.29 is 9.72 Å². The summed E-state index contributed by atoms with van der Waals surface area (Å²) in [6.07, 6.45) is 0. The van der Waals surface area contributed by atoms with Crippen LogP contribution < -0.4 is 5.32 Å². The highest BCUT2D eigenvalue weighted by Crippen LogP contribution is 2.26. The molecule has 0 spiro atoms. The molecule has 7 heteroatoms. The van der Waals surface area contributed by atoms with Crippen molar-refractivity contribution in [2.45, 2.75) is 0 Å². The maximum Gasteiger partial charge on any atom is 0.293 e. The Morgan fingerprint density at radius 2 is 2.27 bits per heavy atom. The van der Waals surface area contributed by atoms with Gasteiger partial charge in [-0.25, -0.2) is 0 Å². The topological polar surface area (TPSA) is 72.2 Å². The number of carbonyl (C=O) groups excluding carboxylic acids is 1. The van der Waals surface area contributed by atoms with Crippen LogP contribution in [0, 0.1) is 13.7 Å². The minimum Gasteiger partial charge on any atom is -0.320 e. The molecule has 0 bridgehead atoms. The van der Waals surface area contributed by atoms with Crippen LogP contribution in [0.25, 0.3) is 0 Å². The van der Waals surface area contributed by atoms with Gasteiger partial charge in [0.25, 0.3) is 5.69 Å². The molecule has 0 aromatic heterocycles. The zero-order valence-electron chi connectivity index (χ0n) is 7.37. The molecule has 1 amide bonds. The third kappa shape index (κ3) is 3.42. The molecule has 0 aliphatic heterocycles. The van der Waals surface area contributed by atoms with Crippen molar-refractivity contribution in [2.75, 3.05) is 10.6 Å². The Hall–Kier alpha value is -0.700. The van der Waals surface area contributed by atoms with E-state index >= 15 is 0 Å². The number of amides is 1. The van der Waals surface area contributed by atoms with E-state index in [4.69, 9.17) is 0 Å². The number of alkyl halides is 1. The van der Waals surface area contributed by atoms with E-state index in [1.807, 2.05) is 22.6 Å². The zero-order chi connectivity index (χ0) is 11.4. The molecule has 0 unspecified atom stereocenters. The molecule has 0 heterocycles. The van der Waals surface area contributed by atoms with Crippen LogP contribution in [-0.4, -0.2) is 16.2 Å². The third-order valence-corrected chi connectivity index (χ3v) is 2.73. The van der Waals surface area contributed by atoms with Crippen LogP contribution in [0.1, 0.15) is 0 Å². The summed E-state index contributed by atoms with van der Waals surface area (Å²) in [6, 6.07) is 4.61. The quantitative estimate of drug-likeness (QED) is 0.376. The fourth-order valence-corrected chi connectivity index (χ4v) is 1.56. The number of benzene rings is 1. The first-order valence-electron chi connectivity index (χ1n) is 3.84. The average molecular weight is 385 g/mol. The fourth-order valence-electron chi connectivity index (χ4n) is 0.945. The maximum absolute atomic E-state index is 11.1. The van der Waals surface area contributed by atoms with Crippen LogP contribution in [0.3, 0.4) is 0 Å². The van der Waals surface area contributed by atoms with Gasteiger partial charge in [-0.15, -0.1) is 0 Å². The first-order valence-corrected chi connectivity index (χ1v) is 6.04. The van der Waals surface area contributed by atoms with Gasteiger partial charge in [0.2, 0.25) is 5.91 Å².